The summed E-state index contributed by atoms with van der Waals surface area (Å²) in [5.41, 5.74) is 6.46. The Morgan fingerprint density at radius 2 is 1.75 bits per heavy atom. The minimum absolute atomic E-state index is 0.475. The molecule has 1 aliphatic heterocycles. The van der Waals surface area contributed by atoms with E-state index in [0.717, 1.165) is 6.04 Å². The van der Waals surface area contributed by atoms with Crippen LogP contribution in [-0.4, -0.2) is 30.1 Å². The number of nitrogens with two attached hydrogens (primary N) is 1. The molecule has 0 aromatic carbocycles. The number of hydrogen-bond acceptors (Lipinski definition) is 2. The van der Waals surface area contributed by atoms with Crippen molar-refractivity contribution in [1.29, 1.82) is 0 Å². The molecule has 12 heavy (non-hydrogen) atoms. The fraction of sp³-hybridized carbons (Fsp3) is 1.00. The maximum Gasteiger partial charge on any atom is 0.0153 e. The maximum atomic E-state index is 5.86. The molecule has 70 valence electrons. The summed E-state index contributed by atoms with van der Waals surface area (Å²) in [7, 11) is 0. The summed E-state index contributed by atoms with van der Waals surface area (Å²) in [6.07, 6.45) is 3.79. The second kappa shape index (κ2) is 2.71. The normalized spacial score (nSPS) is 36.8. The van der Waals surface area contributed by atoms with Crippen LogP contribution in [0.4, 0.5) is 0 Å². The van der Waals surface area contributed by atoms with Gasteiger partial charge in [0.25, 0.3) is 0 Å². The van der Waals surface area contributed by atoms with Crippen molar-refractivity contribution in [2.45, 2.75) is 45.2 Å². The molecule has 0 aromatic rings. The number of likely N-dealkylation sites (tertiary alicyclic amines) is 1. The van der Waals surface area contributed by atoms with Crippen LogP contribution in [0.3, 0.4) is 0 Å². The SMILES string of the molecule is CC1(C)CC1N1CCC(N)CC1. The van der Waals surface area contributed by atoms with Gasteiger partial charge in [0.05, 0.1) is 0 Å². The molecule has 0 aromatic heterocycles. The highest BCUT2D eigenvalue weighted by Gasteiger charge is 2.49. The van der Waals surface area contributed by atoms with Crippen molar-refractivity contribution >= 4 is 0 Å². The summed E-state index contributed by atoms with van der Waals surface area (Å²) in [6, 6.07) is 1.34. The standard InChI is InChI=1S/C10H20N2/c1-10(2)7-9(10)12-5-3-8(11)4-6-12/h8-9H,3-7,11H2,1-2H3. The average Bonchev–Trinajstić information content (AvgIpc) is 2.61. The second-order valence-electron chi connectivity index (χ2n) is 5.08. The largest absolute Gasteiger partial charge is 0.328 e. The first kappa shape index (κ1) is 8.52. The number of piperidine rings is 1. The summed E-state index contributed by atoms with van der Waals surface area (Å²) in [4.78, 5) is 2.63. The molecule has 2 rings (SSSR count). The van der Waals surface area contributed by atoms with Gasteiger partial charge in [0, 0.05) is 12.1 Å². The van der Waals surface area contributed by atoms with Crippen LogP contribution in [0, 0.1) is 5.41 Å². The van der Waals surface area contributed by atoms with E-state index in [4.69, 9.17) is 5.73 Å². The van der Waals surface area contributed by atoms with Crippen LogP contribution in [0.15, 0.2) is 0 Å². The molecule has 1 heterocycles. The number of nitrogens with zero attached hydrogens (tertiary/aromatic N) is 1. The minimum atomic E-state index is 0.475. The van der Waals surface area contributed by atoms with Gasteiger partial charge in [-0.15, -0.1) is 0 Å². The molecule has 2 heteroatoms. The third kappa shape index (κ3) is 1.50. The van der Waals surface area contributed by atoms with Crippen molar-refractivity contribution < 1.29 is 0 Å². The van der Waals surface area contributed by atoms with Gasteiger partial charge in [-0.3, -0.25) is 4.90 Å². The van der Waals surface area contributed by atoms with Crippen molar-refractivity contribution in [2.24, 2.45) is 11.1 Å². The monoisotopic (exact) mass is 168 g/mol. The van der Waals surface area contributed by atoms with E-state index in [9.17, 15) is 0 Å². The van der Waals surface area contributed by atoms with E-state index in [0.29, 0.717) is 11.5 Å². The highest BCUT2D eigenvalue weighted by Crippen LogP contribution is 2.48. The molecule has 1 saturated heterocycles. The van der Waals surface area contributed by atoms with Crippen LogP contribution in [0.5, 0.6) is 0 Å². The lowest BCUT2D eigenvalue weighted by Crippen LogP contribution is -2.41. The zero-order valence-electron chi connectivity index (χ0n) is 8.21. The van der Waals surface area contributed by atoms with E-state index in [1.807, 2.05) is 0 Å². The van der Waals surface area contributed by atoms with E-state index in [1.54, 1.807) is 0 Å². The van der Waals surface area contributed by atoms with Crippen molar-refractivity contribution in [2.75, 3.05) is 13.1 Å². The lowest BCUT2D eigenvalue weighted by atomic mass is 10.0. The average molecular weight is 168 g/mol. The third-order valence-corrected chi connectivity index (χ3v) is 3.48. The highest BCUT2D eigenvalue weighted by atomic mass is 15.2. The molecule has 0 bridgehead atoms. The van der Waals surface area contributed by atoms with Crippen molar-refractivity contribution in [3.63, 3.8) is 0 Å². The molecule has 1 atom stereocenters. The quantitative estimate of drug-likeness (QED) is 0.637. The molecule has 0 radical (unpaired) electrons. The van der Waals surface area contributed by atoms with E-state index in [1.165, 1.54) is 32.4 Å². The van der Waals surface area contributed by atoms with Crippen LogP contribution < -0.4 is 5.73 Å². The fourth-order valence-electron chi connectivity index (χ4n) is 2.29. The van der Waals surface area contributed by atoms with Crippen LogP contribution in [0.25, 0.3) is 0 Å². The number of hydrogen-bond donors (Lipinski definition) is 1. The Morgan fingerprint density at radius 1 is 1.25 bits per heavy atom. The molecule has 0 spiro atoms. The van der Waals surface area contributed by atoms with Crippen molar-refractivity contribution in [1.82, 2.24) is 4.90 Å². The van der Waals surface area contributed by atoms with E-state index in [2.05, 4.69) is 18.7 Å². The van der Waals surface area contributed by atoms with E-state index >= 15 is 0 Å². The third-order valence-electron chi connectivity index (χ3n) is 3.48. The Morgan fingerprint density at radius 3 is 2.17 bits per heavy atom. The van der Waals surface area contributed by atoms with Gasteiger partial charge in [0.2, 0.25) is 0 Å². The molecule has 2 aliphatic rings. The predicted molar refractivity (Wildman–Crippen MR) is 51.0 cm³/mol. The second-order valence-corrected chi connectivity index (χ2v) is 5.08. The molecule has 2 nitrogen and oxygen atoms in total. The summed E-state index contributed by atoms with van der Waals surface area (Å²) in [5, 5.41) is 0. The van der Waals surface area contributed by atoms with Crippen LogP contribution >= 0.6 is 0 Å². The number of rotatable bonds is 1. The predicted octanol–water partition coefficient (Wildman–Crippen LogP) is 1.21. The molecular formula is C10H20N2. The lowest BCUT2D eigenvalue weighted by Gasteiger charge is -2.31. The Labute approximate surface area is 75.1 Å². The van der Waals surface area contributed by atoms with Gasteiger partial charge < -0.3 is 5.73 Å². The molecule has 1 aliphatic carbocycles. The first-order valence-corrected chi connectivity index (χ1v) is 5.09. The minimum Gasteiger partial charge on any atom is -0.328 e. The smallest absolute Gasteiger partial charge is 0.0153 e. The first-order valence-electron chi connectivity index (χ1n) is 5.09. The van der Waals surface area contributed by atoms with Crippen LogP contribution in [-0.2, 0) is 0 Å². The zero-order chi connectivity index (χ0) is 8.77. The van der Waals surface area contributed by atoms with Crippen molar-refractivity contribution in [3.05, 3.63) is 0 Å². The Hall–Kier alpha value is -0.0800. The Balaban J connectivity index is 1.84. The van der Waals surface area contributed by atoms with Crippen LogP contribution in [0.1, 0.15) is 33.1 Å². The van der Waals surface area contributed by atoms with E-state index < -0.39 is 0 Å². The van der Waals surface area contributed by atoms with Gasteiger partial charge in [-0.1, -0.05) is 13.8 Å². The maximum absolute atomic E-state index is 5.86. The van der Waals surface area contributed by atoms with Gasteiger partial charge >= 0.3 is 0 Å². The highest BCUT2D eigenvalue weighted by molar-refractivity contribution is 5.03. The Bertz CT molecular complexity index is 169. The van der Waals surface area contributed by atoms with Crippen LogP contribution in [0.2, 0.25) is 0 Å². The molecule has 2 fully saturated rings. The van der Waals surface area contributed by atoms with Gasteiger partial charge in [0.1, 0.15) is 0 Å². The molecule has 1 unspecified atom stereocenters. The molecular weight excluding hydrogens is 148 g/mol. The summed E-state index contributed by atoms with van der Waals surface area (Å²) >= 11 is 0. The summed E-state index contributed by atoms with van der Waals surface area (Å²) in [6.45, 7) is 7.20. The van der Waals surface area contributed by atoms with Gasteiger partial charge in [-0.05, 0) is 37.8 Å². The van der Waals surface area contributed by atoms with Gasteiger partial charge in [0.15, 0.2) is 0 Å². The first-order chi connectivity index (χ1) is 5.59. The van der Waals surface area contributed by atoms with Gasteiger partial charge in [-0.25, -0.2) is 0 Å². The van der Waals surface area contributed by atoms with Crippen molar-refractivity contribution in [3.8, 4) is 0 Å². The summed E-state index contributed by atoms with van der Waals surface area (Å²) in [5.74, 6) is 0. The molecule has 2 N–H and O–H groups in total. The molecule has 0 amide bonds. The van der Waals surface area contributed by atoms with Gasteiger partial charge in [-0.2, -0.15) is 0 Å². The molecule has 1 saturated carbocycles. The fourth-order valence-corrected chi connectivity index (χ4v) is 2.29. The lowest BCUT2D eigenvalue weighted by molar-refractivity contribution is 0.185. The Kier molecular flexibility index (Phi) is 1.92. The summed E-state index contributed by atoms with van der Waals surface area (Å²) < 4.78 is 0. The topological polar surface area (TPSA) is 29.3 Å². The zero-order valence-corrected chi connectivity index (χ0v) is 8.21. The van der Waals surface area contributed by atoms with E-state index in [-0.39, 0.29) is 0 Å².